The molecule has 0 saturated heterocycles. The number of alkyl halides is 3. The van der Waals surface area contributed by atoms with Gasteiger partial charge in [-0.05, 0) is 37.8 Å². The molecule has 0 amide bonds. The van der Waals surface area contributed by atoms with Gasteiger partial charge in [0.1, 0.15) is 0 Å². The first kappa shape index (κ1) is 11.5. The molecule has 0 radical (unpaired) electrons. The zero-order valence-electron chi connectivity index (χ0n) is 7.40. The van der Waals surface area contributed by atoms with Gasteiger partial charge in [0.15, 0.2) is 4.77 Å². The number of hydrogen-bond acceptors (Lipinski definition) is 3. The zero-order valence-corrected chi connectivity index (χ0v) is 9.03. The largest absolute Gasteiger partial charge is 0.446 e. The quantitative estimate of drug-likeness (QED) is 0.602. The fourth-order valence-electron chi connectivity index (χ4n) is 0.986. The van der Waals surface area contributed by atoms with Crippen LogP contribution in [-0.2, 0) is 0 Å². The summed E-state index contributed by atoms with van der Waals surface area (Å²) in [4.78, 5) is 6.43. The van der Waals surface area contributed by atoms with E-state index in [1.807, 2.05) is 0 Å². The monoisotopic (exact) mass is 240 g/mol. The minimum Gasteiger partial charge on any atom is -0.334 e. The number of aromatic amines is 1. The lowest BCUT2D eigenvalue weighted by Gasteiger charge is -2.10. The van der Waals surface area contributed by atoms with Gasteiger partial charge in [-0.15, -0.1) is 0 Å². The number of thioether (sulfide) groups is 1. The number of aryl methyl sites for hydroxylation is 2. The standard InChI is InChI=1S/C7H7F3N2S2/c1-3-5(14-7(8,9)10)4(2)12-6(13)11-3/h1-2H3,(H,11,12,13). The van der Waals surface area contributed by atoms with Gasteiger partial charge >= 0.3 is 5.51 Å². The predicted octanol–water partition coefficient (Wildman–Crippen LogP) is 3.37. The number of rotatable bonds is 1. The van der Waals surface area contributed by atoms with Crippen molar-refractivity contribution in [3.63, 3.8) is 0 Å². The smallest absolute Gasteiger partial charge is 0.334 e. The second-order valence-corrected chi connectivity index (χ2v) is 4.09. The Labute approximate surface area is 87.9 Å². The lowest BCUT2D eigenvalue weighted by Crippen LogP contribution is -2.04. The van der Waals surface area contributed by atoms with Gasteiger partial charge in [-0.25, -0.2) is 4.98 Å². The summed E-state index contributed by atoms with van der Waals surface area (Å²) >= 11 is 4.55. The van der Waals surface area contributed by atoms with E-state index in [1.165, 1.54) is 6.92 Å². The molecule has 0 aliphatic heterocycles. The van der Waals surface area contributed by atoms with Crippen molar-refractivity contribution >= 4 is 24.0 Å². The molecule has 0 aliphatic rings. The first-order chi connectivity index (χ1) is 6.29. The molecule has 14 heavy (non-hydrogen) atoms. The van der Waals surface area contributed by atoms with E-state index in [9.17, 15) is 13.2 Å². The van der Waals surface area contributed by atoms with Crippen LogP contribution in [0, 0.1) is 18.6 Å². The maximum absolute atomic E-state index is 12.1. The van der Waals surface area contributed by atoms with Crippen molar-refractivity contribution in [2.75, 3.05) is 0 Å². The second-order valence-electron chi connectivity index (χ2n) is 2.63. The number of aromatic nitrogens is 2. The summed E-state index contributed by atoms with van der Waals surface area (Å²) in [6.45, 7) is 3.04. The molecule has 2 nitrogen and oxygen atoms in total. The van der Waals surface area contributed by atoms with Gasteiger partial charge in [0, 0.05) is 5.69 Å². The Morgan fingerprint density at radius 1 is 1.36 bits per heavy atom. The molecule has 0 aliphatic carbocycles. The summed E-state index contributed by atoms with van der Waals surface area (Å²) in [5.74, 6) is 0. The second kappa shape index (κ2) is 3.90. The van der Waals surface area contributed by atoms with Crippen LogP contribution in [0.1, 0.15) is 11.4 Å². The Morgan fingerprint density at radius 2 is 1.93 bits per heavy atom. The van der Waals surface area contributed by atoms with Gasteiger partial charge in [0.2, 0.25) is 0 Å². The van der Waals surface area contributed by atoms with E-state index in [0.717, 1.165) is 0 Å². The predicted molar refractivity (Wildman–Crippen MR) is 50.8 cm³/mol. The molecule has 0 fully saturated rings. The van der Waals surface area contributed by atoms with Crippen molar-refractivity contribution in [2.24, 2.45) is 0 Å². The van der Waals surface area contributed by atoms with Crippen LogP contribution >= 0.6 is 24.0 Å². The highest BCUT2D eigenvalue weighted by Gasteiger charge is 2.31. The van der Waals surface area contributed by atoms with Crippen molar-refractivity contribution in [1.82, 2.24) is 9.97 Å². The van der Waals surface area contributed by atoms with E-state index < -0.39 is 5.51 Å². The third-order valence-corrected chi connectivity index (χ3v) is 2.68. The Morgan fingerprint density at radius 3 is 2.36 bits per heavy atom. The highest BCUT2D eigenvalue weighted by atomic mass is 32.2. The average molecular weight is 240 g/mol. The van der Waals surface area contributed by atoms with Crippen molar-refractivity contribution < 1.29 is 13.2 Å². The van der Waals surface area contributed by atoms with Crippen molar-refractivity contribution in [3.05, 3.63) is 16.2 Å². The van der Waals surface area contributed by atoms with E-state index in [2.05, 4.69) is 9.97 Å². The van der Waals surface area contributed by atoms with Gasteiger partial charge in [-0.1, -0.05) is 0 Å². The maximum atomic E-state index is 12.1. The molecule has 0 spiro atoms. The van der Waals surface area contributed by atoms with Crippen LogP contribution in [0.2, 0.25) is 0 Å². The number of nitrogens with one attached hydrogen (secondary N) is 1. The van der Waals surface area contributed by atoms with Crippen LogP contribution in [0.15, 0.2) is 4.90 Å². The van der Waals surface area contributed by atoms with E-state index in [4.69, 9.17) is 12.2 Å². The van der Waals surface area contributed by atoms with Crippen LogP contribution in [0.25, 0.3) is 0 Å². The Kier molecular flexibility index (Phi) is 3.20. The van der Waals surface area contributed by atoms with Gasteiger partial charge in [0.25, 0.3) is 0 Å². The molecule has 1 aromatic rings. The van der Waals surface area contributed by atoms with E-state index in [1.54, 1.807) is 6.92 Å². The van der Waals surface area contributed by atoms with Crippen LogP contribution < -0.4 is 0 Å². The van der Waals surface area contributed by atoms with Gasteiger partial charge in [-0.2, -0.15) is 13.2 Å². The fourth-order valence-corrected chi connectivity index (χ4v) is 1.90. The topological polar surface area (TPSA) is 28.7 Å². The van der Waals surface area contributed by atoms with Crippen LogP contribution in [0.3, 0.4) is 0 Å². The zero-order chi connectivity index (χ0) is 10.9. The molecular formula is C7H7F3N2S2. The molecule has 0 saturated carbocycles. The molecule has 1 rings (SSSR count). The molecule has 78 valence electrons. The van der Waals surface area contributed by atoms with Crippen molar-refractivity contribution in [1.29, 1.82) is 0 Å². The highest BCUT2D eigenvalue weighted by molar-refractivity contribution is 8.00. The molecule has 0 bridgehead atoms. The van der Waals surface area contributed by atoms with E-state index >= 15 is 0 Å². The molecule has 1 heterocycles. The minimum absolute atomic E-state index is 0.0890. The molecule has 0 unspecified atom stereocenters. The van der Waals surface area contributed by atoms with E-state index in [-0.39, 0.29) is 21.4 Å². The van der Waals surface area contributed by atoms with Crippen molar-refractivity contribution in [3.8, 4) is 0 Å². The number of halogens is 3. The third kappa shape index (κ3) is 2.98. The Hall–Kier alpha value is -0.560. The van der Waals surface area contributed by atoms with Crippen LogP contribution in [-0.4, -0.2) is 15.5 Å². The first-order valence-electron chi connectivity index (χ1n) is 3.63. The average Bonchev–Trinajstić information content (AvgIpc) is 1.95. The lowest BCUT2D eigenvalue weighted by molar-refractivity contribution is -0.0328. The molecule has 0 atom stereocenters. The minimum atomic E-state index is -4.30. The Balaban J connectivity index is 3.16. The van der Waals surface area contributed by atoms with Crippen LogP contribution in [0.4, 0.5) is 13.2 Å². The van der Waals surface area contributed by atoms with Crippen LogP contribution in [0.5, 0.6) is 0 Å². The summed E-state index contributed by atoms with van der Waals surface area (Å²) in [6, 6.07) is 0. The number of hydrogen-bond donors (Lipinski definition) is 1. The van der Waals surface area contributed by atoms with E-state index in [0.29, 0.717) is 11.4 Å². The first-order valence-corrected chi connectivity index (χ1v) is 4.85. The van der Waals surface area contributed by atoms with Crippen molar-refractivity contribution in [2.45, 2.75) is 24.3 Å². The fraction of sp³-hybridized carbons (Fsp3) is 0.429. The SMILES string of the molecule is Cc1nc(=S)[nH]c(C)c1SC(F)(F)F. The molecule has 0 aromatic carbocycles. The highest BCUT2D eigenvalue weighted by Crippen LogP contribution is 2.38. The maximum Gasteiger partial charge on any atom is 0.446 e. The molecule has 1 aromatic heterocycles. The normalized spacial score (nSPS) is 11.8. The summed E-state index contributed by atoms with van der Waals surface area (Å²) < 4.78 is 36.5. The van der Waals surface area contributed by atoms with Gasteiger partial charge in [-0.3, -0.25) is 0 Å². The molecule has 7 heteroatoms. The summed E-state index contributed by atoms with van der Waals surface area (Å²) in [7, 11) is 0. The molecular weight excluding hydrogens is 233 g/mol. The Bertz CT molecular complexity index is 371. The summed E-state index contributed by atoms with van der Waals surface area (Å²) in [6.07, 6.45) is 0. The van der Waals surface area contributed by atoms with Gasteiger partial charge < -0.3 is 4.98 Å². The third-order valence-electron chi connectivity index (χ3n) is 1.45. The molecule has 1 N–H and O–H groups in total. The van der Waals surface area contributed by atoms with Gasteiger partial charge in [0.05, 0.1) is 10.6 Å². The number of nitrogens with zero attached hydrogens (tertiary/aromatic N) is 1. The lowest BCUT2D eigenvalue weighted by atomic mass is 10.4. The summed E-state index contributed by atoms with van der Waals surface area (Å²) in [5.41, 5.74) is -3.60. The number of H-pyrrole nitrogens is 1. The summed E-state index contributed by atoms with van der Waals surface area (Å²) in [5, 5.41) is 0.